The lowest BCUT2D eigenvalue weighted by molar-refractivity contribution is -0.914. The fraction of sp³-hybridized carbons (Fsp3) is 1.00. The number of likely N-dealkylation sites (tertiary alicyclic amines) is 1. The van der Waals surface area contributed by atoms with Crippen LogP contribution in [-0.2, 0) is 0 Å². The minimum absolute atomic E-state index is 0.275. The van der Waals surface area contributed by atoms with E-state index in [4.69, 9.17) is 0 Å². The number of quaternary nitrogens is 1. The maximum absolute atomic E-state index is 11.4. The van der Waals surface area contributed by atoms with Crippen LogP contribution < -0.4 is 0 Å². The minimum atomic E-state index is -0.275. The van der Waals surface area contributed by atoms with Gasteiger partial charge >= 0.3 is 0 Å². The van der Waals surface area contributed by atoms with Gasteiger partial charge in [0.15, 0.2) is 0 Å². The van der Waals surface area contributed by atoms with Crippen molar-refractivity contribution in [2.24, 2.45) is 23.7 Å². The largest absolute Gasteiger partial charge is 0.389 e. The summed E-state index contributed by atoms with van der Waals surface area (Å²) in [5, 5.41) is 11.4. The molecule has 0 aromatic rings. The summed E-state index contributed by atoms with van der Waals surface area (Å²) in [4.78, 5) is 0. The SMILES string of the molecule is C[N+]1(CCCC2(O)C3CC4CC(C3)CC2C4)CCCCC1. The Morgan fingerprint density at radius 1 is 0.905 bits per heavy atom. The van der Waals surface area contributed by atoms with Crippen molar-refractivity contribution in [3.8, 4) is 0 Å². The second kappa shape index (κ2) is 5.23. The van der Waals surface area contributed by atoms with Crippen molar-refractivity contribution in [3.63, 3.8) is 0 Å². The van der Waals surface area contributed by atoms with Crippen LogP contribution >= 0.6 is 0 Å². The van der Waals surface area contributed by atoms with Crippen LogP contribution in [0, 0.1) is 23.7 Å². The van der Waals surface area contributed by atoms with Crippen molar-refractivity contribution in [3.05, 3.63) is 0 Å². The monoisotopic (exact) mass is 292 g/mol. The first-order valence-corrected chi connectivity index (χ1v) is 9.63. The molecule has 2 heteroatoms. The third-order valence-electron chi connectivity index (χ3n) is 7.72. The van der Waals surface area contributed by atoms with Gasteiger partial charge in [0, 0.05) is 0 Å². The summed E-state index contributed by atoms with van der Waals surface area (Å²) in [6.07, 6.45) is 13.5. The van der Waals surface area contributed by atoms with Crippen molar-refractivity contribution in [1.82, 2.24) is 0 Å². The molecule has 0 radical (unpaired) electrons. The van der Waals surface area contributed by atoms with Gasteiger partial charge in [-0.05, 0) is 87.9 Å². The highest BCUT2D eigenvalue weighted by atomic mass is 16.3. The van der Waals surface area contributed by atoms with Crippen molar-refractivity contribution in [2.75, 3.05) is 26.7 Å². The molecule has 1 saturated heterocycles. The lowest BCUT2D eigenvalue weighted by atomic mass is 9.49. The molecule has 1 heterocycles. The van der Waals surface area contributed by atoms with Gasteiger partial charge in [0.2, 0.25) is 0 Å². The van der Waals surface area contributed by atoms with Gasteiger partial charge in [-0.25, -0.2) is 0 Å². The maximum atomic E-state index is 11.4. The third-order valence-corrected chi connectivity index (χ3v) is 7.72. The average Bonchev–Trinajstić information content (AvgIpc) is 2.45. The predicted octanol–water partition coefficient (Wildman–Crippen LogP) is 3.58. The van der Waals surface area contributed by atoms with Gasteiger partial charge in [-0.2, -0.15) is 0 Å². The maximum Gasteiger partial charge on any atom is 0.0785 e. The minimum Gasteiger partial charge on any atom is -0.389 e. The number of rotatable bonds is 4. The Balaban J connectivity index is 1.36. The molecule has 0 spiro atoms. The molecule has 0 amide bonds. The van der Waals surface area contributed by atoms with Gasteiger partial charge in [0.05, 0.1) is 32.3 Å². The zero-order valence-corrected chi connectivity index (χ0v) is 13.9. The van der Waals surface area contributed by atoms with Gasteiger partial charge in [0.1, 0.15) is 0 Å². The van der Waals surface area contributed by atoms with Crippen LogP contribution in [0.1, 0.15) is 64.2 Å². The van der Waals surface area contributed by atoms with Crippen LogP contribution in [-0.4, -0.2) is 41.9 Å². The summed E-state index contributed by atoms with van der Waals surface area (Å²) < 4.78 is 1.27. The van der Waals surface area contributed by atoms with Crippen LogP contribution in [0.25, 0.3) is 0 Å². The summed E-state index contributed by atoms with van der Waals surface area (Å²) >= 11 is 0. The van der Waals surface area contributed by atoms with E-state index in [0.717, 1.165) is 18.3 Å². The molecule has 1 aliphatic heterocycles. The van der Waals surface area contributed by atoms with Gasteiger partial charge in [-0.3, -0.25) is 0 Å². The molecule has 0 unspecified atom stereocenters. The molecule has 1 N–H and O–H groups in total. The van der Waals surface area contributed by atoms with E-state index in [9.17, 15) is 5.11 Å². The molecular weight excluding hydrogens is 258 g/mol. The molecule has 0 aromatic carbocycles. The normalized spacial score (nSPS) is 47.7. The Hall–Kier alpha value is -0.0800. The van der Waals surface area contributed by atoms with Gasteiger partial charge in [0.25, 0.3) is 0 Å². The second-order valence-corrected chi connectivity index (χ2v) is 9.25. The highest BCUT2D eigenvalue weighted by Gasteiger charge is 2.56. The first kappa shape index (κ1) is 14.5. The van der Waals surface area contributed by atoms with Crippen LogP contribution in [0.2, 0.25) is 0 Å². The first-order chi connectivity index (χ1) is 10.1. The first-order valence-electron chi connectivity index (χ1n) is 9.63. The Labute approximate surface area is 130 Å². The summed E-state index contributed by atoms with van der Waals surface area (Å²) in [5.74, 6) is 3.25. The second-order valence-electron chi connectivity index (χ2n) is 9.25. The molecule has 5 aliphatic rings. The molecule has 120 valence electrons. The van der Waals surface area contributed by atoms with E-state index >= 15 is 0 Å². The highest BCUT2D eigenvalue weighted by Crippen LogP contribution is 2.59. The van der Waals surface area contributed by atoms with E-state index in [1.807, 2.05) is 0 Å². The quantitative estimate of drug-likeness (QED) is 0.785. The molecular formula is C19H34NO+. The molecule has 4 bridgehead atoms. The fourth-order valence-corrected chi connectivity index (χ4v) is 6.65. The predicted molar refractivity (Wildman–Crippen MR) is 85.9 cm³/mol. The summed E-state index contributed by atoms with van der Waals surface area (Å²) in [5.41, 5.74) is -0.275. The van der Waals surface area contributed by atoms with E-state index in [2.05, 4.69) is 7.05 Å². The smallest absolute Gasteiger partial charge is 0.0785 e. The molecule has 0 atom stereocenters. The summed E-state index contributed by atoms with van der Waals surface area (Å²) in [6.45, 7) is 4.04. The Kier molecular flexibility index (Phi) is 3.61. The molecule has 2 nitrogen and oxygen atoms in total. The molecule has 4 aliphatic carbocycles. The van der Waals surface area contributed by atoms with Gasteiger partial charge in [-0.15, -0.1) is 0 Å². The number of hydrogen-bond acceptors (Lipinski definition) is 1. The molecule has 0 aromatic heterocycles. The molecule has 4 saturated carbocycles. The van der Waals surface area contributed by atoms with Crippen molar-refractivity contribution >= 4 is 0 Å². The Morgan fingerprint density at radius 3 is 2.05 bits per heavy atom. The standard InChI is InChI=1S/C19H34NO/c1-20(7-3-2-4-8-20)9-5-6-19(21)17-11-15-10-16(13-17)14-18(19)12-15/h15-18,21H,2-14H2,1H3/q+1. The lowest BCUT2D eigenvalue weighted by Crippen LogP contribution is -2.58. The van der Waals surface area contributed by atoms with E-state index in [-0.39, 0.29) is 5.60 Å². The van der Waals surface area contributed by atoms with E-state index < -0.39 is 0 Å². The van der Waals surface area contributed by atoms with Crippen molar-refractivity contribution in [1.29, 1.82) is 0 Å². The van der Waals surface area contributed by atoms with Crippen LogP contribution in [0.15, 0.2) is 0 Å². The fourth-order valence-electron chi connectivity index (χ4n) is 6.65. The Morgan fingerprint density at radius 2 is 1.48 bits per heavy atom. The zero-order valence-electron chi connectivity index (χ0n) is 13.9. The van der Waals surface area contributed by atoms with Crippen molar-refractivity contribution < 1.29 is 9.59 Å². The molecule has 5 fully saturated rings. The summed E-state index contributed by atoms with van der Waals surface area (Å²) in [7, 11) is 2.44. The average molecular weight is 292 g/mol. The number of piperidine rings is 1. The van der Waals surface area contributed by atoms with Crippen LogP contribution in [0.3, 0.4) is 0 Å². The van der Waals surface area contributed by atoms with E-state index in [1.54, 1.807) is 0 Å². The van der Waals surface area contributed by atoms with E-state index in [1.165, 1.54) is 81.9 Å². The summed E-state index contributed by atoms with van der Waals surface area (Å²) in [6, 6.07) is 0. The number of aliphatic hydroxyl groups is 1. The molecule has 5 rings (SSSR count). The lowest BCUT2D eigenvalue weighted by Gasteiger charge is -2.59. The van der Waals surface area contributed by atoms with Gasteiger partial charge in [-0.1, -0.05) is 0 Å². The van der Waals surface area contributed by atoms with Crippen molar-refractivity contribution in [2.45, 2.75) is 69.8 Å². The third kappa shape index (κ3) is 2.57. The topological polar surface area (TPSA) is 20.2 Å². The number of nitrogens with zero attached hydrogens (tertiary/aromatic N) is 1. The highest BCUT2D eigenvalue weighted by molar-refractivity contribution is 5.06. The zero-order chi connectivity index (χ0) is 14.5. The molecule has 21 heavy (non-hydrogen) atoms. The number of hydrogen-bond donors (Lipinski definition) is 1. The van der Waals surface area contributed by atoms with Gasteiger partial charge < -0.3 is 9.59 Å². The van der Waals surface area contributed by atoms with Crippen LogP contribution in [0.5, 0.6) is 0 Å². The van der Waals surface area contributed by atoms with Crippen LogP contribution in [0.4, 0.5) is 0 Å². The Bertz CT molecular complexity index is 357. The van der Waals surface area contributed by atoms with E-state index in [0.29, 0.717) is 11.8 Å².